The first-order chi connectivity index (χ1) is 45.7. The highest BCUT2D eigenvalue weighted by Gasteiger charge is 2.44. The van der Waals surface area contributed by atoms with Crippen molar-refractivity contribution in [2.75, 3.05) is 13.2 Å². The summed E-state index contributed by atoms with van der Waals surface area (Å²) in [6.45, 7) is 3.54. The number of unbranched alkanes of at least 4 members (excludes halogenated alkanes) is 61. The Morgan fingerprint density at radius 2 is 0.624 bits per heavy atom. The lowest BCUT2D eigenvalue weighted by Crippen LogP contribution is -2.60. The Balaban J connectivity index is 2.11. The topological polar surface area (TPSA) is 189 Å². The summed E-state index contributed by atoms with van der Waals surface area (Å²) in [5.41, 5.74) is 0. The number of amides is 1. The fraction of sp³-hybridized carbons (Fsp3) is 0.963. The molecule has 1 heterocycles. The molecule has 1 fully saturated rings. The van der Waals surface area contributed by atoms with Crippen molar-refractivity contribution in [3.05, 3.63) is 12.2 Å². The molecule has 8 N–H and O–H groups in total. The lowest BCUT2D eigenvalue weighted by atomic mass is 9.98. The highest BCUT2D eigenvalue weighted by molar-refractivity contribution is 5.80. The van der Waals surface area contributed by atoms with Crippen LogP contribution in [-0.2, 0) is 14.3 Å². The highest BCUT2D eigenvalue weighted by Crippen LogP contribution is 2.25. The number of allylic oxidation sites excluding steroid dienone is 2. The van der Waals surface area contributed by atoms with E-state index in [2.05, 4.69) is 31.3 Å². The summed E-state index contributed by atoms with van der Waals surface area (Å²) in [4.78, 5) is 13.3. The molecule has 9 atom stereocenters. The molecular formula is C82H161NO10. The first-order valence-corrected chi connectivity index (χ1v) is 41.6. The van der Waals surface area contributed by atoms with E-state index in [9.17, 15) is 40.5 Å². The van der Waals surface area contributed by atoms with Crippen molar-refractivity contribution in [1.82, 2.24) is 5.32 Å². The van der Waals surface area contributed by atoms with Crippen molar-refractivity contribution < 1.29 is 50.0 Å². The van der Waals surface area contributed by atoms with Crippen LogP contribution in [0, 0.1) is 0 Å². The van der Waals surface area contributed by atoms with Crippen LogP contribution in [0.1, 0.15) is 438 Å². The second-order valence-electron chi connectivity index (χ2n) is 29.6. The monoisotopic (exact) mass is 1320 g/mol. The first-order valence-electron chi connectivity index (χ1n) is 41.6. The van der Waals surface area contributed by atoms with Crippen LogP contribution in [0.3, 0.4) is 0 Å². The molecule has 1 amide bonds. The number of nitrogens with one attached hydrogen (secondary N) is 1. The molecule has 0 aliphatic carbocycles. The minimum absolute atomic E-state index is 0.265. The van der Waals surface area contributed by atoms with E-state index >= 15 is 0 Å². The van der Waals surface area contributed by atoms with Crippen molar-refractivity contribution in [3.63, 3.8) is 0 Å². The van der Waals surface area contributed by atoms with Crippen LogP contribution in [0.5, 0.6) is 0 Å². The third kappa shape index (κ3) is 57.3. The highest BCUT2D eigenvalue weighted by atomic mass is 16.7. The summed E-state index contributed by atoms with van der Waals surface area (Å²) in [5, 5.41) is 76.8. The summed E-state index contributed by atoms with van der Waals surface area (Å²) in [6, 6.07) is -1.17. The standard InChI is InChI=1S/C82H161NO10/c1-3-5-7-9-11-13-15-17-19-21-23-25-27-29-31-33-35-37-38-40-42-44-46-48-50-52-54-56-58-60-62-64-66-68-70-75(86)81(91)83-73(72-92-82-80(90)79(89)78(88)76(71-84)93-82)77(87)74(85)69-67-65-63-61-59-57-55-53-51-49-47-45-43-41-39-36-34-32-30-28-26-24-22-20-18-16-14-12-10-8-6-4-2/h33,35,73-80,82,84-90H,3-32,34,36-72H2,1-2H3,(H,83,91)/b35-33-. The molecule has 0 aromatic rings. The van der Waals surface area contributed by atoms with Crippen molar-refractivity contribution in [1.29, 1.82) is 0 Å². The van der Waals surface area contributed by atoms with Gasteiger partial charge in [0, 0.05) is 0 Å². The normalized spacial score (nSPS) is 18.2. The Kier molecular flexibility index (Phi) is 68.3. The number of aliphatic hydroxyl groups is 7. The van der Waals surface area contributed by atoms with Gasteiger partial charge in [-0.15, -0.1) is 0 Å². The zero-order valence-corrected chi connectivity index (χ0v) is 61.8. The predicted octanol–water partition coefficient (Wildman–Crippen LogP) is 21.7. The molecule has 554 valence electrons. The smallest absolute Gasteiger partial charge is 0.249 e. The minimum Gasteiger partial charge on any atom is -0.394 e. The van der Waals surface area contributed by atoms with Gasteiger partial charge in [0.25, 0.3) is 0 Å². The molecule has 9 unspecified atom stereocenters. The first kappa shape index (κ1) is 89.9. The summed E-state index contributed by atoms with van der Waals surface area (Å²) in [7, 11) is 0. The largest absolute Gasteiger partial charge is 0.394 e. The van der Waals surface area contributed by atoms with Crippen LogP contribution in [0.15, 0.2) is 12.2 Å². The number of rotatable bonds is 75. The van der Waals surface area contributed by atoms with Gasteiger partial charge >= 0.3 is 0 Å². The van der Waals surface area contributed by atoms with Gasteiger partial charge in [0.15, 0.2) is 6.29 Å². The maximum atomic E-state index is 13.3. The number of carbonyl (C=O) groups is 1. The lowest BCUT2D eigenvalue weighted by molar-refractivity contribution is -0.303. The van der Waals surface area contributed by atoms with Crippen LogP contribution in [-0.4, -0.2) is 110 Å². The quantitative estimate of drug-likeness (QED) is 0.0215. The van der Waals surface area contributed by atoms with Crippen LogP contribution in [0.2, 0.25) is 0 Å². The Bertz CT molecular complexity index is 1520. The minimum atomic E-state index is -1.66. The average Bonchev–Trinajstić information content (AvgIpc) is 1.04. The Hall–Kier alpha value is -1.15. The number of aliphatic hydroxyl groups excluding tert-OH is 7. The fourth-order valence-electron chi connectivity index (χ4n) is 14.0. The van der Waals surface area contributed by atoms with E-state index in [1.165, 1.54) is 360 Å². The van der Waals surface area contributed by atoms with E-state index in [1.807, 2.05) is 0 Å². The molecule has 11 nitrogen and oxygen atoms in total. The van der Waals surface area contributed by atoms with E-state index in [1.54, 1.807) is 0 Å². The van der Waals surface area contributed by atoms with Gasteiger partial charge in [0.1, 0.15) is 36.6 Å². The van der Waals surface area contributed by atoms with Gasteiger partial charge in [-0.2, -0.15) is 0 Å². The van der Waals surface area contributed by atoms with E-state index in [-0.39, 0.29) is 6.42 Å². The van der Waals surface area contributed by atoms with Gasteiger partial charge in [-0.1, -0.05) is 411 Å². The van der Waals surface area contributed by atoms with Crippen LogP contribution in [0.4, 0.5) is 0 Å². The molecule has 11 heteroatoms. The van der Waals surface area contributed by atoms with E-state index in [4.69, 9.17) is 9.47 Å². The van der Waals surface area contributed by atoms with Gasteiger partial charge < -0.3 is 50.5 Å². The van der Waals surface area contributed by atoms with Crippen LogP contribution >= 0.6 is 0 Å². The van der Waals surface area contributed by atoms with Crippen molar-refractivity contribution >= 4 is 5.91 Å². The van der Waals surface area contributed by atoms with Crippen LogP contribution in [0.25, 0.3) is 0 Å². The number of ether oxygens (including phenoxy) is 2. The molecule has 1 aliphatic rings. The summed E-state index contributed by atoms with van der Waals surface area (Å²) in [5.74, 6) is -0.687. The summed E-state index contributed by atoms with van der Waals surface area (Å²) >= 11 is 0. The van der Waals surface area contributed by atoms with Crippen molar-refractivity contribution in [3.8, 4) is 0 Å². The van der Waals surface area contributed by atoms with E-state index < -0.39 is 74.2 Å². The zero-order valence-electron chi connectivity index (χ0n) is 61.8. The van der Waals surface area contributed by atoms with E-state index in [0.717, 1.165) is 38.5 Å². The van der Waals surface area contributed by atoms with Crippen molar-refractivity contribution in [2.24, 2.45) is 0 Å². The summed E-state index contributed by atoms with van der Waals surface area (Å²) in [6.07, 6.45) is 79.1. The SMILES string of the molecule is CCCCCCCCCCCCCCCC/C=C\CCCCCCCCCCCCCCCCCCC(O)C(=O)NC(COC1OC(CO)C(O)C(O)C1O)C(O)C(O)CCCCCCCCCCCCCCCCCCCCCCCCCCCCCCCCCC. The third-order valence-corrected chi connectivity index (χ3v) is 20.6. The molecule has 0 aromatic heterocycles. The van der Waals surface area contributed by atoms with Gasteiger partial charge in [0.2, 0.25) is 5.91 Å². The molecule has 0 radical (unpaired) electrons. The van der Waals surface area contributed by atoms with Gasteiger partial charge in [0.05, 0.1) is 25.4 Å². The number of carbonyl (C=O) groups excluding carboxylic acids is 1. The second kappa shape index (κ2) is 70.7. The third-order valence-electron chi connectivity index (χ3n) is 20.6. The number of hydrogen-bond acceptors (Lipinski definition) is 10. The predicted molar refractivity (Wildman–Crippen MR) is 395 cm³/mol. The fourth-order valence-corrected chi connectivity index (χ4v) is 14.0. The molecule has 1 rings (SSSR count). The molecular weight excluding hydrogens is 1160 g/mol. The molecule has 1 saturated heterocycles. The second-order valence-corrected chi connectivity index (χ2v) is 29.6. The molecule has 0 aromatic carbocycles. The van der Waals surface area contributed by atoms with Crippen molar-refractivity contribution in [2.45, 2.75) is 493 Å². The summed E-state index contributed by atoms with van der Waals surface area (Å²) < 4.78 is 11.2. The zero-order chi connectivity index (χ0) is 67.4. The lowest BCUT2D eigenvalue weighted by Gasteiger charge is -2.40. The molecule has 1 aliphatic heterocycles. The Morgan fingerprint density at radius 1 is 0.366 bits per heavy atom. The average molecular weight is 1320 g/mol. The molecule has 0 spiro atoms. The maximum absolute atomic E-state index is 13.3. The number of hydrogen-bond donors (Lipinski definition) is 8. The Labute approximate surface area is 576 Å². The van der Waals surface area contributed by atoms with Gasteiger partial charge in [-0.25, -0.2) is 0 Å². The molecule has 0 saturated carbocycles. The van der Waals surface area contributed by atoms with E-state index in [0.29, 0.717) is 19.3 Å². The van der Waals surface area contributed by atoms with Gasteiger partial charge in [-0.05, 0) is 38.5 Å². The van der Waals surface area contributed by atoms with Gasteiger partial charge in [-0.3, -0.25) is 4.79 Å². The maximum Gasteiger partial charge on any atom is 0.249 e. The van der Waals surface area contributed by atoms with Crippen LogP contribution < -0.4 is 5.32 Å². The molecule has 93 heavy (non-hydrogen) atoms. The Morgan fingerprint density at radius 3 is 0.903 bits per heavy atom. The molecule has 0 bridgehead atoms.